The SMILES string of the molecule is CCCC[C@H]1Cc2cc(OC)ccc2[C@H](C23CC(F)(C2)C3)N1. The first-order valence-electron chi connectivity index (χ1n) is 8.69. The van der Waals surface area contributed by atoms with Crippen molar-refractivity contribution < 1.29 is 9.13 Å². The molecule has 0 unspecified atom stereocenters. The van der Waals surface area contributed by atoms with E-state index in [0.29, 0.717) is 12.1 Å². The summed E-state index contributed by atoms with van der Waals surface area (Å²) in [4.78, 5) is 0. The number of nitrogens with one attached hydrogen (secondary N) is 1. The molecule has 3 aliphatic carbocycles. The van der Waals surface area contributed by atoms with Gasteiger partial charge in [0.1, 0.15) is 11.4 Å². The monoisotopic (exact) mass is 303 g/mol. The van der Waals surface area contributed by atoms with Crippen LogP contribution < -0.4 is 10.1 Å². The van der Waals surface area contributed by atoms with Crippen molar-refractivity contribution in [3.8, 4) is 5.75 Å². The van der Waals surface area contributed by atoms with E-state index in [1.165, 1.54) is 30.4 Å². The third-order valence-corrected chi connectivity index (χ3v) is 6.05. The molecule has 2 nitrogen and oxygen atoms in total. The summed E-state index contributed by atoms with van der Waals surface area (Å²) in [5.41, 5.74) is 2.14. The molecule has 0 aromatic heterocycles. The van der Waals surface area contributed by atoms with Gasteiger partial charge in [0.15, 0.2) is 0 Å². The summed E-state index contributed by atoms with van der Waals surface area (Å²) < 4.78 is 19.4. The number of methoxy groups -OCH3 is 1. The van der Waals surface area contributed by atoms with Gasteiger partial charge in [-0.05, 0) is 60.8 Å². The molecule has 1 aliphatic heterocycles. The summed E-state index contributed by atoms with van der Waals surface area (Å²) in [6.45, 7) is 2.24. The Morgan fingerprint density at radius 1 is 1.32 bits per heavy atom. The van der Waals surface area contributed by atoms with Crippen molar-refractivity contribution in [2.45, 2.75) is 69.6 Å². The normalized spacial score (nSPS) is 38.7. The quantitative estimate of drug-likeness (QED) is 0.874. The Hall–Kier alpha value is -1.09. The van der Waals surface area contributed by atoms with Gasteiger partial charge in [-0.3, -0.25) is 0 Å². The van der Waals surface area contributed by atoms with E-state index in [9.17, 15) is 4.39 Å². The smallest absolute Gasteiger partial charge is 0.119 e. The summed E-state index contributed by atoms with van der Waals surface area (Å²) in [5.74, 6) is 0.938. The van der Waals surface area contributed by atoms with Gasteiger partial charge >= 0.3 is 0 Å². The van der Waals surface area contributed by atoms with Gasteiger partial charge in [0.2, 0.25) is 0 Å². The Morgan fingerprint density at radius 2 is 2.09 bits per heavy atom. The van der Waals surface area contributed by atoms with Gasteiger partial charge < -0.3 is 10.1 Å². The Labute approximate surface area is 132 Å². The molecule has 2 atom stereocenters. The minimum atomic E-state index is -0.829. The Balaban J connectivity index is 1.63. The fraction of sp³-hybridized carbons (Fsp3) is 0.684. The summed E-state index contributed by atoms with van der Waals surface area (Å²) in [5, 5.41) is 3.87. The van der Waals surface area contributed by atoms with E-state index in [-0.39, 0.29) is 5.41 Å². The molecule has 1 heterocycles. The number of alkyl halides is 1. The zero-order chi connectivity index (χ0) is 15.4. The van der Waals surface area contributed by atoms with E-state index < -0.39 is 5.67 Å². The molecule has 1 N–H and O–H groups in total. The lowest BCUT2D eigenvalue weighted by Gasteiger charge is -2.69. The molecule has 22 heavy (non-hydrogen) atoms. The molecule has 4 aliphatic rings. The molecule has 0 amide bonds. The van der Waals surface area contributed by atoms with Crippen molar-refractivity contribution in [1.29, 1.82) is 0 Å². The second kappa shape index (κ2) is 4.95. The van der Waals surface area contributed by atoms with Gasteiger partial charge in [-0.25, -0.2) is 4.39 Å². The predicted molar refractivity (Wildman–Crippen MR) is 86.0 cm³/mol. The third-order valence-electron chi connectivity index (χ3n) is 6.05. The lowest BCUT2D eigenvalue weighted by molar-refractivity contribution is -0.233. The van der Waals surface area contributed by atoms with Crippen molar-refractivity contribution >= 4 is 0 Å². The van der Waals surface area contributed by atoms with Gasteiger partial charge in [-0.1, -0.05) is 25.8 Å². The maximum Gasteiger partial charge on any atom is 0.119 e. The van der Waals surface area contributed by atoms with Crippen LogP contribution in [-0.2, 0) is 6.42 Å². The van der Waals surface area contributed by atoms with Crippen LogP contribution in [0.2, 0.25) is 0 Å². The fourth-order valence-electron chi connectivity index (χ4n) is 5.00. The zero-order valence-corrected chi connectivity index (χ0v) is 13.6. The lowest BCUT2D eigenvalue weighted by atomic mass is 9.39. The van der Waals surface area contributed by atoms with E-state index in [1.54, 1.807) is 7.11 Å². The summed E-state index contributed by atoms with van der Waals surface area (Å²) >= 11 is 0. The van der Waals surface area contributed by atoms with Crippen LogP contribution in [0.3, 0.4) is 0 Å². The molecule has 5 rings (SSSR count). The topological polar surface area (TPSA) is 21.3 Å². The molecule has 3 saturated carbocycles. The molecule has 1 aromatic carbocycles. The summed E-state index contributed by atoms with van der Waals surface area (Å²) in [6, 6.07) is 7.30. The number of unbranched alkanes of at least 4 members (excludes halogenated alkanes) is 1. The van der Waals surface area contributed by atoms with E-state index in [4.69, 9.17) is 4.74 Å². The van der Waals surface area contributed by atoms with E-state index in [2.05, 4.69) is 30.4 Å². The molecule has 3 heteroatoms. The molecule has 0 saturated heterocycles. The predicted octanol–water partition coefficient (Wildman–Crippen LogP) is 4.33. The molecule has 120 valence electrons. The van der Waals surface area contributed by atoms with Crippen molar-refractivity contribution in [3.63, 3.8) is 0 Å². The van der Waals surface area contributed by atoms with Crippen molar-refractivity contribution in [2.24, 2.45) is 5.41 Å². The summed E-state index contributed by atoms with van der Waals surface area (Å²) in [6.07, 6.45) is 7.02. The van der Waals surface area contributed by atoms with Gasteiger partial charge in [-0.2, -0.15) is 0 Å². The standard InChI is InChI=1S/C19H26FNO/c1-3-4-5-14-8-13-9-15(22-2)6-7-16(13)17(21-14)18-10-19(20,11-18)12-18/h6-7,9,14,17,21H,3-5,8,10-12H2,1-2H3/t14-,17+,18?,19?/m0/s1. The maximum atomic E-state index is 14.0. The molecule has 2 bridgehead atoms. The molecule has 0 radical (unpaired) electrons. The number of rotatable bonds is 5. The number of halogens is 1. The van der Waals surface area contributed by atoms with Crippen molar-refractivity contribution in [2.75, 3.05) is 7.11 Å². The van der Waals surface area contributed by atoms with Crippen LogP contribution >= 0.6 is 0 Å². The Morgan fingerprint density at radius 3 is 2.73 bits per heavy atom. The number of fused-ring (bicyclic) bond motifs is 1. The average molecular weight is 303 g/mol. The lowest BCUT2D eigenvalue weighted by Crippen LogP contribution is -2.69. The maximum absolute atomic E-state index is 14.0. The van der Waals surface area contributed by atoms with Crippen LogP contribution in [0.15, 0.2) is 18.2 Å². The van der Waals surface area contributed by atoms with Gasteiger partial charge in [-0.15, -0.1) is 0 Å². The van der Waals surface area contributed by atoms with Crippen LogP contribution in [0, 0.1) is 5.41 Å². The zero-order valence-electron chi connectivity index (χ0n) is 13.6. The Kier molecular flexibility index (Phi) is 3.26. The highest BCUT2D eigenvalue weighted by atomic mass is 19.1. The number of ether oxygens (including phenoxy) is 1. The first kappa shape index (κ1) is 14.5. The number of benzene rings is 1. The van der Waals surface area contributed by atoms with Crippen LogP contribution in [0.4, 0.5) is 4.39 Å². The first-order chi connectivity index (χ1) is 10.6. The molecular formula is C19H26FNO. The molecule has 1 aromatic rings. The van der Waals surface area contributed by atoms with Gasteiger partial charge in [0.05, 0.1) is 7.11 Å². The van der Waals surface area contributed by atoms with Gasteiger partial charge in [0.25, 0.3) is 0 Å². The highest BCUT2D eigenvalue weighted by molar-refractivity contribution is 5.43. The van der Waals surface area contributed by atoms with Crippen LogP contribution in [0.1, 0.15) is 62.6 Å². The third kappa shape index (κ3) is 2.09. The van der Waals surface area contributed by atoms with E-state index >= 15 is 0 Å². The van der Waals surface area contributed by atoms with Crippen molar-refractivity contribution in [3.05, 3.63) is 29.3 Å². The average Bonchev–Trinajstić information content (AvgIpc) is 2.47. The van der Waals surface area contributed by atoms with Crippen LogP contribution in [0.25, 0.3) is 0 Å². The Bertz CT molecular complexity index is 565. The van der Waals surface area contributed by atoms with E-state index in [1.807, 2.05) is 0 Å². The summed E-state index contributed by atoms with van der Waals surface area (Å²) in [7, 11) is 1.73. The molecular weight excluding hydrogens is 277 g/mol. The largest absolute Gasteiger partial charge is 0.497 e. The van der Waals surface area contributed by atoms with Crippen molar-refractivity contribution in [1.82, 2.24) is 5.32 Å². The highest BCUT2D eigenvalue weighted by Crippen LogP contribution is 2.74. The highest BCUT2D eigenvalue weighted by Gasteiger charge is 2.72. The van der Waals surface area contributed by atoms with Gasteiger partial charge in [0, 0.05) is 12.1 Å². The second-order valence-electron chi connectivity index (χ2n) is 7.75. The van der Waals surface area contributed by atoms with Crippen LogP contribution in [0.5, 0.6) is 5.75 Å². The minimum absolute atomic E-state index is 0.184. The number of hydrogen-bond acceptors (Lipinski definition) is 2. The second-order valence-corrected chi connectivity index (χ2v) is 7.75. The fourth-order valence-corrected chi connectivity index (χ4v) is 5.00. The number of hydrogen-bond donors (Lipinski definition) is 1. The van der Waals surface area contributed by atoms with Crippen LogP contribution in [-0.4, -0.2) is 18.8 Å². The van der Waals surface area contributed by atoms with E-state index in [0.717, 1.165) is 31.4 Å². The first-order valence-corrected chi connectivity index (χ1v) is 8.69. The molecule has 3 fully saturated rings. The minimum Gasteiger partial charge on any atom is -0.497 e. The molecule has 0 spiro atoms.